The highest BCUT2D eigenvalue weighted by Gasteiger charge is 2.32. The largest absolute Gasteiger partial charge is 0.495 e. The van der Waals surface area contributed by atoms with Gasteiger partial charge in [-0.3, -0.25) is 4.90 Å². The Morgan fingerprint density at radius 1 is 1.17 bits per heavy atom. The number of methoxy groups -OCH3 is 2. The van der Waals surface area contributed by atoms with E-state index in [0.717, 1.165) is 18.7 Å². The van der Waals surface area contributed by atoms with Crippen LogP contribution in [0.3, 0.4) is 0 Å². The average Bonchev–Trinajstić information content (AvgIpc) is 2.56. The van der Waals surface area contributed by atoms with Crippen LogP contribution in [0, 0.1) is 0 Å². The highest BCUT2D eigenvalue weighted by Crippen LogP contribution is 2.40. The monoisotopic (exact) mass is 410 g/mol. The summed E-state index contributed by atoms with van der Waals surface area (Å²) in [6, 6.07) is 3.25. The van der Waals surface area contributed by atoms with Crippen molar-refractivity contribution in [1.82, 2.24) is 10.2 Å². The molecular formula is C16H22BrF3N2O2. The smallest absolute Gasteiger partial charge is 0.389 e. The predicted octanol–water partition coefficient (Wildman–Crippen LogP) is 3.76. The summed E-state index contributed by atoms with van der Waals surface area (Å²) in [5, 5.41) is 3.23. The Hall–Kier alpha value is -0.990. The van der Waals surface area contributed by atoms with Gasteiger partial charge >= 0.3 is 6.18 Å². The fraction of sp³-hybridized carbons (Fsp3) is 0.625. The first-order valence-corrected chi connectivity index (χ1v) is 8.58. The van der Waals surface area contributed by atoms with Gasteiger partial charge in [-0.1, -0.05) is 0 Å². The molecule has 0 aliphatic carbocycles. The number of halogens is 4. The van der Waals surface area contributed by atoms with Crippen LogP contribution in [0.1, 0.15) is 24.4 Å². The lowest BCUT2D eigenvalue weighted by Gasteiger charge is -2.35. The van der Waals surface area contributed by atoms with Crippen LogP contribution in [0.5, 0.6) is 11.5 Å². The van der Waals surface area contributed by atoms with Crippen LogP contribution in [0.25, 0.3) is 0 Å². The molecule has 136 valence electrons. The van der Waals surface area contributed by atoms with Crippen LogP contribution in [0.2, 0.25) is 0 Å². The Balaban J connectivity index is 2.34. The normalized spacial score (nSPS) is 17.6. The minimum absolute atomic E-state index is 0.0114. The molecule has 1 fully saturated rings. The van der Waals surface area contributed by atoms with Gasteiger partial charge in [0.2, 0.25) is 0 Å². The zero-order valence-electron chi connectivity index (χ0n) is 13.8. The quantitative estimate of drug-likeness (QED) is 0.773. The molecule has 1 N–H and O–H groups in total. The Labute approximate surface area is 148 Å². The van der Waals surface area contributed by atoms with Gasteiger partial charge in [-0.25, -0.2) is 0 Å². The Morgan fingerprint density at radius 3 is 2.17 bits per heavy atom. The molecule has 2 rings (SSSR count). The van der Waals surface area contributed by atoms with Crippen LogP contribution < -0.4 is 14.8 Å². The van der Waals surface area contributed by atoms with Crippen molar-refractivity contribution in [2.24, 2.45) is 0 Å². The molecule has 1 saturated heterocycles. The third-order valence-electron chi connectivity index (χ3n) is 4.15. The fourth-order valence-corrected chi connectivity index (χ4v) is 3.49. The molecule has 0 saturated carbocycles. The number of hydrogen-bond acceptors (Lipinski definition) is 4. The molecule has 1 aliphatic rings. The van der Waals surface area contributed by atoms with Crippen molar-refractivity contribution in [2.45, 2.75) is 25.1 Å². The molecule has 0 spiro atoms. The molecule has 1 aromatic carbocycles. The van der Waals surface area contributed by atoms with Crippen LogP contribution in [0.15, 0.2) is 16.6 Å². The van der Waals surface area contributed by atoms with Crippen LogP contribution in [0.4, 0.5) is 13.2 Å². The molecule has 24 heavy (non-hydrogen) atoms. The number of benzene rings is 1. The summed E-state index contributed by atoms with van der Waals surface area (Å²) in [6.07, 6.45) is -4.98. The highest BCUT2D eigenvalue weighted by molar-refractivity contribution is 9.10. The van der Waals surface area contributed by atoms with Crippen molar-refractivity contribution in [2.75, 3.05) is 40.4 Å². The summed E-state index contributed by atoms with van der Waals surface area (Å²) in [4.78, 5) is 2.09. The first-order valence-electron chi connectivity index (χ1n) is 7.78. The Morgan fingerprint density at radius 2 is 1.71 bits per heavy atom. The van der Waals surface area contributed by atoms with Crippen molar-refractivity contribution < 1.29 is 22.6 Å². The van der Waals surface area contributed by atoms with E-state index in [1.807, 2.05) is 0 Å². The van der Waals surface area contributed by atoms with E-state index in [2.05, 4.69) is 26.1 Å². The summed E-state index contributed by atoms with van der Waals surface area (Å²) < 4.78 is 49.6. The molecule has 1 atom stereocenters. The standard InChI is InChI=1S/C16H22BrF3N2O2/c1-23-13-9-11(10-14(24-2)15(13)17)12(3-4-16(18,19)20)22-7-5-21-6-8-22/h9-10,12,21H,3-8H2,1-2H3/t12-/m0/s1. The second kappa shape index (κ2) is 8.40. The molecule has 0 amide bonds. The lowest BCUT2D eigenvalue weighted by atomic mass is 9.98. The van der Waals surface area contributed by atoms with Crippen LogP contribution in [-0.2, 0) is 0 Å². The maximum absolute atomic E-state index is 12.8. The lowest BCUT2D eigenvalue weighted by molar-refractivity contribution is -0.138. The summed E-state index contributed by atoms with van der Waals surface area (Å²) in [5.41, 5.74) is 0.776. The first-order chi connectivity index (χ1) is 11.4. The van der Waals surface area contributed by atoms with Gasteiger partial charge < -0.3 is 14.8 Å². The molecular weight excluding hydrogens is 389 g/mol. The van der Waals surface area contributed by atoms with Gasteiger partial charge in [0.25, 0.3) is 0 Å². The van der Waals surface area contributed by atoms with E-state index in [1.165, 1.54) is 14.2 Å². The molecule has 1 aliphatic heterocycles. The molecule has 0 radical (unpaired) electrons. The molecule has 8 heteroatoms. The van der Waals surface area contributed by atoms with Crippen molar-refractivity contribution in [3.63, 3.8) is 0 Å². The van der Waals surface area contributed by atoms with Crippen LogP contribution in [-0.4, -0.2) is 51.5 Å². The summed E-state index contributed by atoms with van der Waals surface area (Å²) in [5.74, 6) is 1.10. The number of nitrogens with one attached hydrogen (secondary N) is 1. The SMILES string of the molecule is COc1cc([C@H](CCC(F)(F)F)N2CCNCC2)cc(OC)c1Br. The van der Waals surface area contributed by atoms with Gasteiger partial charge in [0.05, 0.1) is 14.2 Å². The third-order valence-corrected chi connectivity index (χ3v) is 4.93. The maximum Gasteiger partial charge on any atom is 0.389 e. The zero-order chi connectivity index (χ0) is 17.7. The van der Waals surface area contributed by atoms with E-state index in [1.54, 1.807) is 12.1 Å². The van der Waals surface area contributed by atoms with Crippen molar-refractivity contribution in [3.05, 3.63) is 22.2 Å². The molecule has 0 unspecified atom stereocenters. The Bertz CT molecular complexity index is 524. The van der Waals surface area contributed by atoms with Gasteiger partial charge in [0.15, 0.2) is 0 Å². The van der Waals surface area contributed by atoms with Crippen molar-refractivity contribution >= 4 is 15.9 Å². The number of hydrogen-bond donors (Lipinski definition) is 1. The number of rotatable bonds is 6. The van der Waals surface area contributed by atoms with Gasteiger partial charge in [-0.2, -0.15) is 13.2 Å². The minimum Gasteiger partial charge on any atom is -0.495 e. The molecule has 0 bridgehead atoms. The maximum atomic E-state index is 12.8. The number of alkyl halides is 3. The molecule has 4 nitrogen and oxygen atoms in total. The zero-order valence-corrected chi connectivity index (χ0v) is 15.3. The number of nitrogens with zero attached hydrogens (tertiary/aromatic N) is 1. The molecule has 1 heterocycles. The molecule has 1 aromatic rings. The second-order valence-electron chi connectivity index (χ2n) is 5.70. The Kier molecular flexibility index (Phi) is 6.77. The summed E-state index contributed by atoms with van der Waals surface area (Å²) >= 11 is 3.40. The van der Waals surface area contributed by atoms with E-state index in [4.69, 9.17) is 9.47 Å². The average molecular weight is 411 g/mol. The van der Waals surface area contributed by atoms with Crippen molar-refractivity contribution in [3.8, 4) is 11.5 Å². The fourth-order valence-electron chi connectivity index (χ4n) is 2.94. The van der Waals surface area contributed by atoms with Crippen LogP contribution >= 0.6 is 15.9 Å². The third kappa shape index (κ3) is 5.00. The number of piperazine rings is 1. The highest BCUT2D eigenvalue weighted by atomic mass is 79.9. The summed E-state index contributed by atoms with van der Waals surface area (Å²) in [7, 11) is 3.05. The topological polar surface area (TPSA) is 33.7 Å². The van der Waals surface area contributed by atoms with Crippen molar-refractivity contribution in [1.29, 1.82) is 0 Å². The molecule has 0 aromatic heterocycles. The first kappa shape index (κ1) is 19.3. The van der Waals surface area contributed by atoms with E-state index < -0.39 is 12.6 Å². The van der Waals surface area contributed by atoms with Gasteiger partial charge in [-0.05, 0) is 40.0 Å². The number of ether oxygens (including phenoxy) is 2. The van der Waals surface area contributed by atoms with E-state index >= 15 is 0 Å². The summed E-state index contributed by atoms with van der Waals surface area (Å²) in [6.45, 7) is 2.97. The second-order valence-corrected chi connectivity index (χ2v) is 6.49. The van der Waals surface area contributed by atoms with Gasteiger partial charge in [0.1, 0.15) is 16.0 Å². The van der Waals surface area contributed by atoms with Gasteiger partial charge in [-0.15, -0.1) is 0 Å². The van der Waals surface area contributed by atoms with E-state index in [0.29, 0.717) is 29.1 Å². The minimum atomic E-state index is -4.17. The lowest BCUT2D eigenvalue weighted by Crippen LogP contribution is -2.45. The van der Waals surface area contributed by atoms with Gasteiger partial charge in [0, 0.05) is 38.6 Å². The van der Waals surface area contributed by atoms with E-state index in [-0.39, 0.29) is 12.5 Å². The van der Waals surface area contributed by atoms with E-state index in [9.17, 15) is 13.2 Å². The predicted molar refractivity (Wildman–Crippen MR) is 89.7 cm³/mol.